The number of carbonyl (C=O) groups excluding carboxylic acids is 1. The van der Waals surface area contributed by atoms with Crippen LogP contribution < -0.4 is 0 Å². The van der Waals surface area contributed by atoms with Crippen LogP contribution in [0.25, 0.3) is 0 Å². The van der Waals surface area contributed by atoms with Crippen molar-refractivity contribution in [2.75, 3.05) is 7.05 Å². The highest BCUT2D eigenvalue weighted by Gasteiger charge is 2.21. The second kappa shape index (κ2) is 6.50. The van der Waals surface area contributed by atoms with Crippen molar-refractivity contribution < 1.29 is 9.90 Å². The minimum absolute atomic E-state index is 0.153. The molecule has 2 aromatic rings. The van der Waals surface area contributed by atoms with Gasteiger partial charge in [0.1, 0.15) is 5.75 Å². The van der Waals surface area contributed by atoms with E-state index in [-0.39, 0.29) is 17.7 Å². The average Bonchev–Trinajstić information content (AvgIpc) is 2.48. The highest BCUT2D eigenvalue weighted by Crippen LogP contribution is 2.29. The van der Waals surface area contributed by atoms with E-state index in [0.717, 1.165) is 4.47 Å². The van der Waals surface area contributed by atoms with E-state index in [0.29, 0.717) is 16.1 Å². The van der Waals surface area contributed by atoms with Crippen LogP contribution in [0.3, 0.4) is 0 Å². The molecule has 21 heavy (non-hydrogen) atoms. The molecule has 0 spiro atoms. The number of halogens is 2. The van der Waals surface area contributed by atoms with Gasteiger partial charge in [-0.1, -0.05) is 29.8 Å². The molecule has 0 aromatic heterocycles. The molecule has 0 aliphatic heterocycles. The Morgan fingerprint density at radius 1 is 1.29 bits per heavy atom. The molecule has 2 rings (SSSR count). The van der Waals surface area contributed by atoms with Crippen molar-refractivity contribution in [2.24, 2.45) is 0 Å². The van der Waals surface area contributed by atoms with E-state index in [1.807, 2.05) is 13.0 Å². The zero-order chi connectivity index (χ0) is 15.6. The van der Waals surface area contributed by atoms with Crippen molar-refractivity contribution in [1.29, 1.82) is 0 Å². The van der Waals surface area contributed by atoms with E-state index in [4.69, 9.17) is 11.6 Å². The number of phenols is 1. The quantitative estimate of drug-likeness (QED) is 0.857. The molecule has 2 aromatic carbocycles. The van der Waals surface area contributed by atoms with Crippen molar-refractivity contribution >= 4 is 33.4 Å². The number of hydrogen-bond donors (Lipinski definition) is 1. The Morgan fingerprint density at radius 3 is 2.57 bits per heavy atom. The molecule has 1 N–H and O–H groups in total. The third-order valence-electron chi connectivity index (χ3n) is 3.45. The van der Waals surface area contributed by atoms with Crippen LogP contribution in [0.15, 0.2) is 46.9 Å². The minimum atomic E-state index is -0.249. The number of amides is 1. The van der Waals surface area contributed by atoms with E-state index in [2.05, 4.69) is 15.9 Å². The van der Waals surface area contributed by atoms with Crippen LogP contribution in [0.2, 0.25) is 5.02 Å². The zero-order valence-electron chi connectivity index (χ0n) is 11.7. The zero-order valence-corrected chi connectivity index (χ0v) is 14.0. The predicted octanol–water partition coefficient (Wildman–Crippen LogP) is 4.64. The molecular weight excluding hydrogens is 354 g/mol. The summed E-state index contributed by atoms with van der Waals surface area (Å²) in [5.41, 5.74) is 1.21. The van der Waals surface area contributed by atoms with Crippen LogP contribution in [0.4, 0.5) is 0 Å². The van der Waals surface area contributed by atoms with E-state index in [9.17, 15) is 9.90 Å². The van der Waals surface area contributed by atoms with Crippen molar-refractivity contribution in [3.05, 3.63) is 63.1 Å². The Labute approximate surface area is 137 Å². The van der Waals surface area contributed by atoms with Gasteiger partial charge >= 0.3 is 0 Å². The summed E-state index contributed by atoms with van der Waals surface area (Å²) in [5, 5.41) is 10.4. The van der Waals surface area contributed by atoms with Gasteiger partial charge in [-0.15, -0.1) is 0 Å². The van der Waals surface area contributed by atoms with E-state index in [1.54, 1.807) is 48.3 Å². The van der Waals surface area contributed by atoms with Gasteiger partial charge in [-0.25, -0.2) is 0 Å². The topological polar surface area (TPSA) is 40.5 Å². The molecule has 5 heteroatoms. The third-order valence-corrected chi connectivity index (χ3v) is 4.69. The molecule has 0 fully saturated rings. The Balaban J connectivity index is 2.26. The van der Waals surface area contributed by atoms with Gasteiger partial charge in [0.15, 0.2) is 0 Å². The molecule has 0 saturated carbocycles. The molecule has 110 valence electrons. The fourth-order valence-corrected chi connectivity index (χ4v) is 2.49. The first-order valence-corrected chi connectivity index (χ1v) is 7.59. The number of carbonyl (C=O) groups is 1. The normalized spacial score (nSPS) is 12.0. The van der Waals surface area contributed by atoms with Gasteiger partial charge in [0.25, 0.3) is 5.91 Å². The van der Waals surface area contributed by atoms with Crippen molar-refractivity contribution in [3.8, 4) is 5.75 Å². The standard InChI is InChI=1S/C16H15BrClNO2/c1-10(12-5-3-4-6-15(12)20)19(2)16(21)11-7-8-13(17)14(18)9-11/h3-10,20H,1-2H3. The lowest BCUT2D eigenvalue weighted by molar-refractivity contribution is 0.0741. The fourth-order valence-electron chi connectivity index (χ4n) is 2.06. The lowest BCUT2D eigenvalue weighted by Crippen LogP contribution is -2.29. The number of rotatable bonds is 3. The molecular formula is C16H15BrClNO2. The third kappa shape index (κ3) is 3.39. The Morgan fingerprint density at radius 2 is 1.95 bits per heavy atom. The lowest BCUT2D eigenvalue weighted by Gasteiger charge is -2.26. The van der Waals surface area contributed by atoms with E-state index in [1.165, 1.54) is 0 Å². The van der Waals surface area contributed by atoms with Crippen molar-refractivity contribution in [2.45, 2.75) is 13.0 Å². The van der Waals surface area contributed by atoms with Crippen LogP contribution in [0.5, 0.6) is 5.75 Å². The molecule has 0 aliphatic rings. The van der Waals surface area contributed by atoms with Gasteiger partial charge in [0.2, 0.25) is 0 Å². The van der Waals surface area contributed by atoms with Crippen LogP contribution in [0.1, 0.15) is 28.9 Å². The summed E-state index contributed by atoms with van der Waals surface area (Å²) >= 11 is 9.33. The molecule has 0 heterocycles. The first kappa shape index (κ1) is 15.9. The number of benzene rings is 2. The van der Waals surface area contributed by atoms with Gasteiger partial charge in [0.05, 0.1) is 11.1 Å². The van der Waals surface area contributed by atoms with Gasteiger partial charge in [-0.3, -0.25) is 4.79 Å². The second-order valence-electron chi connectivity index (χ2n) is 4.78. The Kier molecular flexibility index (Phi) is 4.91. The van der Waals surface area contributed by atoms with Crippen LogP contribution >= 0.6 is 27.5 Å². The molecule has 0 bridgehead atoms. The molecule has 1 unspecified atom stereocenters. The molecule has 3 nitrogen and oxygen atoms in total. The molecule has 1 atom stereocenters. The first-order valence-electron chi connectivity index (χ1n) is 6.42. The van der Waals surface area contributed by atoms with E-state index >= 15 is 0 Å². The SMILES string of the molecule is CC(c1ccccc1O)N(C)C(=O)c1ccc(Br)c(Cl)c1. The number of aromatic hydroxyl groups is 1. The lowest BCUT2D eigenvalue weighted by atomic mass is 10.1. The summed E-state index contributed by atoms with van der Waals surface area (Å²) in [4.78, 5) is 14.1. The number of nitrogens with zero attached hydrogens (tertiary/aromatic N) is 1. The highest BCUT2D eigenvalue weighted by atomic mass is 79.9. The Bertz CT molecular complexity index is 675. The highest BCUT2D eigenvalue weighted by molar-refractivity contribution is 9.10. The molecule has 0 saturated heterocycles. The maximum Gasteiger partial charge on any atom is 0.254 e. The maximum absolute atomic E-state index is 12.5. The van der Waals surface area contributed by atoms with Gasteiger partial charge in [-0.2, -0.15) is 0 Å². The molecule has 0 aliphatic carbocycles. The van der Waals surface area contributed by atoms with Crippen LogP contribution in [-0.2, 0) is 0 Å². The number of phenolic OH excluding ortho intramolecular Hbond substituents is 1. The number of para-hydroxylation sites is 1. The summed E-state index contributed by atoms with van der Waals surface area (Å²) in [5.74, 6) is 0.0265. The molecule has 1 amide bonds. The summed E-state index contributed by atoms with van der Waals surface area (Å²) in [6.45, 7) is 1.87. The van der Waals surface area contributed by atoms with Crippen LogP contribution in [-0.4, -0.2) is 23.0 Å². The monoisotopic (exact) mass is 367 g/mol. The fraction of sp³-hybridized carbons (Fsp3) is 0.188. The van der Waals surface area contributed by atoms with Crippen molar-refractivity contribution in [1.82, 2.24) is 4.90 Å². The summed E-state index contributed by atoms with van der Waals surface area (Å²) in [7, 11) is 1.70. The smallest absolute Gasteiger partial charge is 0.254 e. The largest absolute Gasteiger partial charge is 0.508 e. The number of hydrogen-bond acceptors (Lipinski definition) is 2. The average molecular weight is 369 g/mol. The van der Waals surface area contributed by atoms with E-state index < -0.39 is 0 Å². The van der Waals surface area contributed by atoms with Crippen molar-refractivity contribution in [3.63, 3.8) is 0 Å². The minimum Gasteiger partial charge on any atom is -0.508 e. The summed E-state index contributed by atoms with van der Waals surface area (Å²) in [6.07, 6.45) is 0. The van der Waals surface area contributed by atoms with Crippen LogP contribution in [0, 0.1) is 0 Å². The first-order chi connectivity index (χ1) is 9.91. The predicted molar refractivity (Wildman–Crippen MR) is 87.8 cm³/mol. The maximum atomic E-state index is 12.5. The summed E-state index contributed by atoms with van der Waals surface area (Å²) in [6, 6.07) is 11.8. The van der Waals surface area contributed by atoms with Gasteiger partial charge < -0.3 is 10.0 Å². The van der Waals surface area contributed by atoms with Gasteiger partial charge in [-0.05, 0) is 47.1 Å². The summed E-state index contributed by atoms with van der Waals surface area (Å²) < 4.78 is 0.747. The second-order valence-corrected chi connectivity index (χ2v) is 6.04. The van der Waals surface area contributed by atoms with Gasteiger partial charge in [0, 0.05) is 22.6 Å². The Hall–Kier alpha value is -1.52. The molecule has 0 radical (unpaired) electrons.